The average molecular weight is 275 g/mol. The second-order valence-electron chi connectivity index (χ2n) is 5.61. The molecule has 0 radical (unpaired) electrons. The lowest BCUT2D eigenvalue weighted by Crippen LogP contribution is -2.44. The third kappa shape index (κ3) is 2.52. The van der Waals surface area contributed by atoms with Crippen LogP contribution in [-0.2, 0) is 11.2 Å². The van der Waals surface area contributed by atoms with Gasteiger partial charge in [0.05, 0.1) is 0 Å². The van der Waals surface area contributed by atoms with Gasteiger partial charge < -0.3 is 14.7 Å². The van der Waals surface area contributed by atoms with E-state index in [0.717, 1.165) is 43.5 Å². The highest BCUT2D eigenvalue weighted by atomic mass is 16.5. The van der Waals surface area contributed by atoms with Crippen molar-refractivity contribution in [3.63, 3.8) is 0 Å². The first kappa shape index (κ1) is 13.4. The molecule has 2 atom stereocenters. The molecule has 2 aliphatic heterocycles. The van der Waals surface area contributed by atoms with Gasteiger partial charge in [-0.3, -0.25) is 4.79 Å². The Balaban J connectivity index is 1.65. The third-order valence-corrected chi connectivity index (χ3v) is 4.28. The number of para-hydroxylation sites is 1. The van der Waals surface area contributed by atoms with Gasteiger partial charge in [0.25, 0.3) is 5.91 Å². The van der Waals surface area contributed by atoms with Gasteiger partial charge in [0.2, 0.25) is 0 Å². The smallest absolute Gasteiger partial charge is 0.264 e. The molecule has 0 aliphatic carbocycles. The number of rotatable bonds is 4. The molecule has 0 bridgehead atoms. The zero-order valence-electron chi connectivity index (χ0n) is 11.6. The van der Waals surface area contributed by atoms with Crippen molar-refractivity contribution in [2.75, 3.05) is 13.2 Å². The predicted molar refractivity (Wildman–Crippen MR) is 75.6 cm³/mol. The number of aliphatic hydroxyl groups is 1. The molecule has 0 spiro atoms. The molecular weight excluding hydrogens is 254 g/mol. The summed E-state index contributed by atoms with van der Waals surface area (Å²) in [6, 6.07) is 8.15. The van der Waals surface area contributed by atoms with Crippen LogP contribution in [0, 0.1) is 0 Å². The van der Waals surface area contributed by atoms with Gasteiger partial charge in [-0.25, -0.2) is 0 Å². The Morgan fingerprint density at radius 3 is 3.05 bits per heavy atom. The molecule has 1 aromatic rings. The number of hydrogen-bond donors (Lipinski definition) is 1. The Morgan fingerprint density at radius 2 is 2.25 bits per heavy atom. The fraction of sp³-hybridized carbons (Fsp3) is 0.562. The first-order valence-corrected chi connectivity index (χ1v) is 7.45. The Morgan fingerprint density at radius 1 is 1.40 bits per heavy atom. The predicted octanol–water partition coefficient (Wildman–Crippen LogP) is 1.75. The maximum Gasteiger partial charge on any atom is 0.264 e. The van der Waals surface area contributed by atoms with Crippen molar-refractivity contribution in [1.29, 1.82) is 0 Å². The molecule has 2 unspecified atom stereocenters. The lowest BCUT2D eigenvalue weighted by molar-refractivity contribution is -0.138. The van der Waals surface area contributed by atoms with Crippen LogP contribution in [0.5, 0.6) is 5.75 Å². The van der Waals surface area contributed by atoms with Gasteiger partial charge in [-0.15, -0.1) is 0 Å². The van der Waals surface area contributed by atoms with Gasteiger partial charge in [-0.1, -0.05) is 18.2 Å². The molecular formula is C16H21NO3. The number of carbonyl (C=O) groups excluding carboxylic acids is 1. The normalized spacial score (nSPS) is 24.6. The van der Waals surface area contributed by atoms with Crippen molar-refractivity contribution in [2.45, 2.75) is 44.2 Å². The Bertz CT molecular complexity index is 463. The highest BCUT2D eigenvalue weighted by Crippen LogP contribution is 2.31. The van der Waals surface area contributed by atoms with Crippen LogP contribution in [0.15, 0.2) is 24.3 Å². The number of nitrogens with zero attached hydrogens (tertiary/aromatic N) is 1. The Hall–Kier alpha value is -1.55. The van der Waals surface area contributed by atoms with Crippen LogP contribution in [0.4, 0.5) is 0 Å². The van der Waals surface area contributed by atoms with Crippen molar-refractivity contribution < 1.29 is 14.6 Å². The second kappa shape index (κ2) is 5.83. The highest BCUT2D eigenvalue weighted by Gasteiger charge is 2.36. The van der Waals surface area contributed by atoms with Gasteiger partial charge in [-0.05, 0) is 37.3 Å². The largest absolute Gasteiger partial charge is 0.480 e. The Labute approximate surface area is 119 Å². The van der Waals surface area contributed by atoms with Gasteiger partial charge in [0, 0.05) is 25.6 Å². The van der Waals surface area contributed by atoms with Crippen LogP contribution in [0.2, 0.25) is 0 Å². The molecule has 1 amide bonds. The molecule has 1 aromatic carbocycles. The monoisotopic (exact) mass is 275 g/mol. The van der Waals surface area contributed by atoms with Crippen LogP contribution in [0.25, 0.3) is 0 Å². The molecule has 4 nitrogen and oxygen atoms in total. The molecule has 3 rings (SSSR count). The summed E-state index contributed by atoms with van der Waals surface area (Å²) < 4.78 is 5.79. The first-order chi connectivity index (χ1) is 9.79. The van der Waals surface area contributed by atoms with Crippen molar-refractivity contribution in [3.05, 3.63) is 29.8 Å². The first-order valence-electron chi connectivity index (χ1n) is 7.45. The summed E-state index contributed by atoms with van der Waals surface area (Å²) in [6.07, 6.45) is 4.08. The van der Waals surface area contributed by atoms with Crippen LogP contribution >= 0.6 is 0 Å². The SMILES string of the molecule is O=C(C1Cc2ccccc2O1)N1CCCC1CCCO. The Kier molecular flexibility index (Phi) is 3.92. The lowest BCUT2D eigenvalue weighted by atomic mass is 10.1. The van der Waals surface area contributed by atoms with E-state index in [9.17, 15) is 4.79 Å². The van der Waals surface area contributed by atoms with Crippen molar-refractivity contribution in [3.8, 4) is 5.75 Å². The summed E-state index contributed by atoms with van der Waals surface area (Å²) >= 11 is 0. The molecule has 2 heterocycles. The minimum atomic E-state index is -0.359. The minimum absolute atomic E-state index is 0.113. The summed E-state index contributed by atoms with van der Waals surface area (Å²) in [5, 5.41) is 8.95. The topological polar surface area (TPSA) is 49.8 Å². The fourth-order valence-corrected chi connectivity index (χ4v) is 3.26. The fourth-order valence-electron chi connectivity index (χ4n) is 3.26. The van der Waals surface area contributed by atoms with E-state index >= 15 is 0 Å². The van der Waals surface area contributed by atoms with E-state index in [0.29, 0.717) is 6.42 Å². The molecule has 4 heteroatoms. The van der Waals surface area contributed by atoms with Gasteiger partial charge in [0.1, 0.15) is 5.75 Å². The number of hydrogen-bond acceptors (Lipinski definition) is 3. The zero-order chi connectivity index (χ0) is 13.9. The van der Waals surface area contributed by atoms with Crippen LogP contribution in [0.1, 0.15) is 31.2 Å². The summed E-state index contributed by atoms with van der Waals surface area (Å²) in [5.41, 5.74) is 1.12. The van der Waals surface area contributed by atoms with Gasteiger partial charge in [0.15, 0.2) is 6.10 Å². The quantitative estimate of drug-likeness (QED) is 0.911. The van der Waals surface area contributed by atoms with E-state index < -0.39 is 0 Å². The standard InChI is InChI=1S/C16H21NO3/c18-10-4-7-13-6-3-9-17(13)16(19)15-11-12-5-1-2-8-14(12)20-15/h1-2,5,8,13,15,18H,3-4,6-7,9-11H2. The van der Waals surface area contributed by atoms with Gasteiger partial charge >= 0.3 is 0 Å². The van der Waals surface area contributed by atoms with E-state index in [-0.39, 0.29) is 24.7 Å². The van der Waals surface area contributed by atoms with Crippen LogP contribution in [0.3, 0.4) is 0 Å². The van der Waals surface area contributed by atoms with E-state index in [4.69, 9.17) is 9.84 Å². The number of benzene rings is 1. The van der Waals surface area contributed by atoms with E-state index in [1.165, 1.54) is 0 Å². The third-order valence-electron chi connectivity index (χ3n) is 4.28. The highest BCUT2D eigenvalue weighted by molar-refractivity contribution is 5.83. The summed E-state index contributed by atoms with van der Waals surface area (Å²) in [6.45, 7) is 1.02. The molecule has 0 saturated carbocycles. The molecule has 1 fully saturated rings. The molecule has 1 N–H and O–H groups in total. The van der Waals surface area contributed by atoms with Gasteiger partial charge in [-0.2, -0.15) is 0 Å². The average Bonchev–Trinajstić information content (AvgIpc) is 3.10. The maximum absolute atomic E-state index is 12.6. The number of carbonyl (C=O) groups is 1. The number of ether oxygens (including phenoxy) is 1. The number of likely N-dealkylation sites (tertiary alicyclic amines) is 1. The van der Waals surface area contributed by atoms with Crippen molar-refractivity contribution >= 4 is 5.91 Å². The minimum Gasteiger partial charge on any atom is -0.480 e. The number of aliphatic hydroxyl groups excluding tert-OH is 1. The molecule has 20 heavy (non-hydrogen) atoms. The maximum atomic E-state index is 12.6. The number of amides is 1. The van der Waals surface area contributed by atoms with E-state index in [1.54, 1.807) is 0 Å². The zero-order valence-corrected chi connectivity index (χ0v) is 11.6. The second-order valence-corrected chi connectivity index (χ2v) is 5.61. The lowest BCUT2D eigenvalue weighted by Gasteiger charge is -2.27. The van der Waals surface area contributed by atoms with E-state index in [2.05, 4.69) is 0 Å². The van der Waals surface area contributed by atoms with Crippen molar-refractivity contribution in [2.24, 2.45) is 0 Å². The molecule has 1 saturated heterocycles. The molecule has 0 aromatic heterocycles. The summed E-state index contributed by atoms with van der Waals surface area (Å²) in [7, 11) is 0. The van der Waals surface area contributed by atoms with Crippen molar-refractivity contribution in [1.82, 2.24) is 4.90 Å². The van der Waals surface area contributed by atoms with E-state index in [1.807, 2.05) is 29.2 Å². The molecule has 2 aliphatic rings. The summed E-state index contributed by atoms with van der Waals surface area (Å²) in [4.78, 5) is 14.6. The number of fused-ring (bicyclic) bond motifs is 1. The molecule has 108 valence electrons. The van der Waals surface area contributed by atoms with Crippen LogP contribution < -0.4 is 4.74 Å². The van der Waals surface area contributed by atoms with Crippen LogP contribution in [-0.4, -0.2) is 41.2 Å². The summed E-state index contributed by atoms with van der Waals surface area (Å²) in [5.74, 6) is 0.957.